The lowest BCUT2D eigenvalue weighted by Crippen LogP contribution is -2.30. The van der Waals surface area contributed by atoms with Crippen molar-refractivity contribution in [3.05, 3.63) is 34.6 Å². The highest BCUT2D eigenvalue weighted by Gasteiger charge is 2.15. The second-order valence-electron chi connectivity index (χ2n) is 3.31. The van der Waals surface area contributed by atoms with Crippen LogP contribution in [0.2, 0.25) is 5.02 Å². The minimum absolute atomic E-state index is 0.0973. The zero-order valence-electron chi connectivity index (χ0n) is 8.77. The standard InChI is InChI=1S/C11H12BrClFNO/c1-2-7(12)6-15-11(16)10-8(13)4-3-5-9(10)14/h3-5,7H,2,6H2,1H3,(H,15,16). The van der Waals surface area contributed by atoms with Crippen LogP contribution in [0.5, 0.6) is 0 Å². The fraction of sp³-hybridized carbons (Fsp3) is 0.364. The first kappa shape index (κ1) is 13.5. The molecule has 1 rings (SSSR count). The molecule has 1 aromatic carbocycles. The molecule has 0 spiro atoms. The van der Waals surface area contributed by atoms with Crippen molar-refractivity contribution in [3.63, 3.8) is 0 Å². The Labute approximate surface area is 107 Å². The van der Waals surface area contributed by atoms with E-state index in [-0.39, 0.29) is 15.4 Å². The number of hydrogen-bond donors (Lipinski definition) is 1. The fourth-order valence-electron chi connectivity index (χ4n) is 1.15. The molecule has 88 valence electrons. The summed E-state index contributed by atoms with van der Waals surface area (Å²) in [5.41, 5.74) is -0.0973. The number of alkyl halides is 1. The first-order valence-corrected chi connectivity index (χ1v) is 6.22. The molecule has 0 aliphatic rings. The average Bonchev–Trinajstić information content (AvgIpc) is 2.25. The second kappa shape index (κ2) is 6.21. The van der Waals surface area contributed by atoms with Gasteiger partial charge in [-0.2, -0.15) is 0 Å². The number of rotatable bonds is 4. The molecule has 0 aliphatic carbocycles. The minimum atomic E-state index is -0.604. The van der Waals surface area contributed by atoms with Crippen LogP contribution in [0, 0.1) is 5.82 Å². The maximum Gasteiger partial charge on any atom is 0.255 e. The quantitative estimate of drug-likeness (QED) is 0.849. The highest BCUT2D eigenvalue weighted by Crippen LogP contribution is 2.18. The van der Waals surface area contributed by atoms with E-state index in [0.29, 0.717) is 6.54 Å². The molecule has 16 heavy (non-hydrogen) atoms. The Morgan fingerprint density at radius 3 is 2.88 bits per heavy atom. The van der Waals surface area contributed by atoms with Gasteiger partial charge in [0.25, 0.3) is 5.91 Å². The fourth-order valence-corrected chi connectivity index (χ4v) is 1.56. The predicted octanol–water partition coefficient (Wildman–Crippen LogP) is 3.38. The van der Waals surface area contributed by atoms with Crippen LogP contribution in [0.1, 0.15) is 23.7 Å². The third-order valence-corrected chi connectivity index (χ3v) is 3.40. The van der Waals surface area contributed by atoms with Gasteiger partial charge in [0.15, 0.2) is 0 Å². The maximum atomic E-state index is 13.4. The van der Waals surface area contributed by atoms with Gasteiger partial charge in [-0.1, -0.05) is 40.5 Å². The van der Waals surface area contributed by atoms with Crippen LogP contribution in [-0.2, 0) is 0 Å². The molecular formula is C11H12BrClFNO. The molecule has 5 heteroatoms. The van der Waals surface area contributed by atoms with E-state index in [4.69, 9.17) is 11.6 Å². The highest BCUT2D eigenvalue weighted by atomic mass is 79.9. The number of hydrogen-bond acceptors (Lipinski definition) is 1. The van der Waals surface area contributed by atoms with E-state index < -0.39 is 11.7 Å². The number of nitrogens with one attached hydrogen (secondary N) is 1. The summed E-state index contributed by atoms with van der Waals surface area (Å²) in [6, 6.07) is 4.17. The van der Waals surface area contributed by atoms with E-state index in [1.165, 1.54) is 18.2 Å². The van der Waals surface area contributed by atoms with E-state index in [9.17, 15) is 9.18 Å². The molecule has 1 atom stereocenters. The topological polar surface area (TPSA) is 29.1 Å². The molecule has 2 nitrogen and oxygen atoms in total. The van der Waals surface area contributed by atoms with Gasteiger partial charge in [0.05, 0.1) is 10.6 Å². The van der Waals surface area contributed by atoms with Gasteiger partial charge >= 0.3 is 0 Å². The monoisotopic (exact) mass is 307 g/mol. The van der Waals surface area contributed by atoms with Crippen molar-refractivity contribution in [2.45, 2.75) is 18.2 Å². The van der Waals surface area contributed by atoms with Gasteiger partial charge in [-0.15, -0.1) is 0 Å². The van der Waals surface area contributed by atoms with Crippen LogP contribution in [0.25, 0.3) is 0 Å². The predicted molar refractivity (Wildman–Crippen MR) is 66.7 cm³/mol. The van der Waals surface area contributed by atoms with Crippen LogP contribution < -0.4 is 5.32 Å². The smallest absolute Gasteiger partial charge is 0.255 e. The third-order valence-electron chi connectivity index (χ3n) is 2.12. The summed E-state index contributed by atoms with van der Waals surface area (Å²) in [6.45, 7) is 2.43. The van der Waals surface area contributed by atoms with Crippen molar-refractivity contribution in [2.24, 2.45) is 0 Å². The molecule has 1 amide bonds. The molecule has 0 radical (unpaired) electrons. The molecule has 0 fully saturated rings. The molecule has 0 aromatic heterocycles. The summed E-state index contributed by atoms with van der Waals surface area (Å²) in [5.74, 6) is -1.09. The van der Waals surface area contributed by atoms with Gasteiger partial charge in [-0.25, -0.2) is 4.39 Å². The SMILES string of the molecule is CCC(Br)CNC(=O)c1c(F)cccc1Cl. The minimum Gasteiger partial charge on any atom is -0.351 e. The molecule has 0 aliphatic heterocycles. The lowest BCUT2D eigenvalue weighted by atomic mass is 10.2. The molecule has 0 saturated heterocycles. The lowest BCUT2D eigenvalue weighted by Gasteiger charge is -2.10. The average molecular weight is 309 g/mol. The first-order chi connectivity index (χ1) is 7.56. The van der Waals surface area contributed by atoms with Crippen LogP contribution in [0.15, 0.2) is 18.2 Å². The molecule has 1 unspecified atom stereocenters. The highest BCUT2D eigenvalue weighted by molar-refractivity contribution is 9.09. The van der Waals surface area contributed by atoms with Crippen molar-refractivity contribution >= 4 is 33.4 Å². The Kier molecular flexibility index (Phi) is 5.22. The summed E-state index contributed by atoms with van der Waals surface area (Å²) < 4.78 is 13.4. The molecular weight excluding hydrogens is 296 g/mol. The number of amides is 1. The number of carbonyl (C=O) groups excluding carboxylic acids is 1. The molecule has 0 heterocycles. The van der Waals surface area contributed by atoms with Crippen LogP contribution >= 0.6 is 27.5 Å². The van der Waals surface area contributed by atoms with E-state index in [2.05, 4.69) is 21.2 Å². The van der Waals surface area contributed by atoms with Crippen LogP contribution in [0.4, 0.5) is 4.39 Å². The van der Waals surface area contributed by atoms with Crippen molar-refractivity contribution in [1.29, 1.82) is 0 Å². The summed E-state index contributed by atoms with van der Waals surface area (Å²) in [5, 5.41) is 2.75. The summed E-state index contributed by atoms with van der Waals surface area (Å²) >= 11 is 9.13. The van der Waals surface area contributed by atoms with E-state index in [0.717, 1.165) is 6.42 Å². The summed E-state index contributed by atoms with van der Waals surface area (Å²) in [4.78, 5) is 11.8. The maximum absolute atomic E-state index is 13.4. The number of carbonyl (C=O) groups is 1. The zero-order valence-corrected chi connectivity index (χ0v) is 11.1. The van der Waals surface area contributed by atoms with E-state index in [1.54, 1.807) is 0 Å². The molecule has 0 bridgehead atoms. The summed E-state index contributed by atoms with van der Waals surface area (Å²) in [7, 11) is 0. The van der Waals surface area contributed by atoms with Crippen molar-refractivity contribution < 1.29 is 9.18 Å². The van der Waals surface area contributed by atoms with Crippen LogP contribution in [0.3, 0.4) is 0 Å². The molecule has 0 saturated carbocycles. The normalized spacial score (nSPS) is 12.2. The molecule has 1 aromatic rings. The van der Waals surface area contributed by atoms with Crippen molar-refractivity contribution in [2.75, 3.05) is 6.54 Å². The number of halogens is 3. The Morgan fingerprint density at radius 2 is 2.31 bits per heavy atom. The zero-order chi connectivity index (χ0) is 12.1. The number of benzene rings is 1. The Hall–Kier alpha value is -0.610. The first-order valence-electron chi connectivity index (χ1n) is 4.92. The third kappa shape index (κ3) is 3.46. The van der Waals surface area contributed by atoms with Gasteiger partial charge in [0, 0.05) is 11.4 Å². The van der Waals surface area contributed by atoms with Gasteiger partial charge < -0.3 is 5.32 Å². The Bertz CT molecular complexity index is 366. The van der Waals surface area contributed by atoms with E-state index in [1.807, 2.05) is 6.92 Å². The van der Waals surface area contributed by atoms with Gasteiger partial charge in [-0.3, -0.25) is 4.79 Å². The van der Waals surface area contributed by atoms with Gasteiger partial charge in [0.2, 0.25) is 0 Å². The van der Waals surface area contributed by atoms with E-state index >= 15 is 0 Å². The van der Waals surface area contributed by atoms with Crippen LogP contribution in [-0.4, -0.2) is 17.3 Å². The van der Waals surface area contributed by atoms with Crippen molar-refractivity contribution in [1.82, 2.24) is 5.32 Å². The Morgan fingerprint density at radius 1 is 1.62 bits per heavy atom. The van der Waals surface area contributed by atoms with Gasteiger partial charge in [0.1, 0.15) is 5.82 Å². The summed E-state index contributed by atoms with van der Waals surface area (Å²) in [6.07, 6.45) is 0.880. The second-order valence-corrected chi connectivity index (χ2v) is 5.01. The Balaban J connectivity index is 2.73. The largest absolute Gasteiger partial charge is 0.351 e. The lowest BCUT2D eigenvalue weighted by molar-refractivity contribution is 0.0950. The van der Waals surface area contributed by atoms with Crippen molar-refractivity contribution in [3.8, 4) is 0 Å². The van der Waals surface area contributed by atoms with Gasteiger partial charge in [-0.05, 0) is 18.6 Å². The molecule has 1 N–H and O–H groups in total.